The maximum atomic E-state index is 13.3. The summed E-state index contributed by atoms with van der Waals surface area (Å²) in [5, 5.41) is 2.82. The highest BCUT2D eigenvalue weighted by Crippen LogP contribution is 2.18. The predicted molar refractivity (Wildman–Crippen MR) is 78.3 cm³/mol. The van der Waals surface area contributed by atoms with Gasteiger partial charge in [0.15, 0.2) is 0 Å². The lowest BCUT2D eigenvalue weighted by Gasteiger charge is -2.27. The lowest BCUT2D eigenvalue weighted by Crippen LogP contribution is -2.38. The van der Waals surface area contributed by atoms with Crippen LogP contribution in [0.1, 0.15) is 23.7 Å². The summed E-state index contributed by atoms with van der Waals surface area (Å²) in [5.41, 5.74) is 0.268. The Labute approximate surface area is 117 Å². The normalized spacial score (nSPS) is 12.1. The van der Waals surface area contributed by atoms with Crippen molar-refractivity contribution in [1.29, 1.82) is 0 Å². The van der Waals surface area contributed by atoms with Gasteiger partial charge in [0.05, 0.1) is 11.8 Å². The molecule has 0 spiro atoms. The first kappa shape index (κ1) is 15.8. The Morgan fingerprint density at radius 1 is 1.63 bits per heavy atom. The zero-order valence-corrected chi connectivity index (χ0v) is 12.6. The van der Waals surface area contributed by atoms with Crippen molar-refractivity contribution in [3.63, 3.8) is 0 Å². The standard InChI is InChI=1S/C13H20FN3OS/c1-5-10(8-19-4)17(3)13(18)11-6-9(14)7-16-12(11)15-2/h6-7,10H,5,8H2,1-4H3,(H,15,16). The van der Waals surface area contributed by atoms with Crippen LogP contribution in [0.2, 0.25) is 0 Å². The Bertz CT molecular complexity index is 442. The van der Waals surface area contributed by atoms with Gasteiger partial charge < -0.3 is 10.2 Å². The maximum absolute atomic E-state index is 13.3. The molecule has 1 amide bonds. The maximum Gasteiger partial charge on any atom is 0.257 e. The van der Waals surface area contributed by atoms with E-state index >= 15 is 0 Å². The van der Waals surface area contributed by atoms with Gasteiger partial charge in [0.1, 0.15) is 11.6 Å². The van der Waals surface area contributed by atoms with E-state index in [0.29, 0.717) is 5.82 Å². The number of aromatic nitrogens is 1. The molecule has 1 aromatic heterocycles. The van der Waals surface area contributed by atoms with Crippen LogP contribution in [-0.2, 0) is 0 Å². The summed E-state index contributed by atoms with van der Waals surface area (Å²) in [6, 6.07) is 1.36. The number of carbonyl (C=O) groups is 1. The zero-order valence-electron chi connectivity index (χ0n) is 11.7. The van der Waals surface area contributed by atoms with Crippen LogP contribution in [0.4, 0.5) is 10.2 Å². The molecular formula is C13H20FN3OS. The Morgan fingerprint density at radius 2 is 2.32 bits per heavy atom. The van der Waals surface area contributed by atoms with Gasteiger partial charge in [-0.05, 0) is 18.7 Å². The first-order chi connectivity index (χ1) is 9.04. The molecule has 1 unspecified atom stereocenters. The summed E-state index contributed by atoms with van der Waals surface area (Å²) >= 11 is 1.69. The molecule has 1 atom stereocenters. The summed E-state index contributed by atoms with van der Waals surface area (Å²) < 4.78 is 13.3. The van der Waals surface area contributed by atoms with Gasteiger partial charge in [-0.1, -0.05) is 6.92 Å². The fourth-order valence-corrected chi connectivity index (χ4v) is 2.70. The first-order valence-electron chi connectivity index (χ1n) is 6.14. The molecule has 0 saturated carbocycles. The Kier molecular flexibility index (Phi) is 6.08. The fourth-order valence-electron chi connectivity index (χ4n) is 1.85. The Balaban J connectivity index is 3.01. The number of nitrogens with zero attached hydrogens (tertiary/aromatic N) is 2. The minimum Gasteiger partial charge on any atom is -0.372 e. The number of thioether (sulfide) groups is 1. The first-order valence-corrected chi connectivity index (χ1v) is 7.53. The molecule has 1 rings (SSSR count). The summed E-state index contributed by atoms with van der Waals surface area (Å²) in [5.74, 6) is 0.541. The lowest BCUT2D eigenvalue weighted by atomic mass is 10.1. The molecule has 6 heteroatoms. The van der Waals surface area contributed by atoms with E-state index in [1.165, 1.54) is 6.07 Å². The molecule has 0 bridgehead atoms. The van der Waals surface area contributed by atoms with E-state index in [-0.39, 0.29) is 17.5 Å². The summed E-state index contributed by atoms with van der Waals surface area (Å²) in [6.45, 7) is 2.04. The smallest absolute Gasteiger partial charge is 0.257 e. The Hall–Kier alpha value is -1.30. The molecule has 0 radical (unpaired) electrons. The molecule has 4 nitrogen and oxygen atoms in total. The number of rotatable bonds is 6. The number of anilines is 1. The number of nitrogens with one attached hydrogen (secondary N) is 1. The molecular weight excluding hydrogens is 265 g/mol. The largest absolute Gasteiger partial charge is 0.372 e. The van der Waals surface area contributed by atoms with Gasteiger partial charge in [-0.25, -0.2) is 9.37 Å². The summed E-state index contributed by atoms with van der Waals surface area (Å²) in [7, 11) is 3.41. The van der Waals surface area contributed by atoms with Crippen molar-refractivity contribution >= 4 is 23.5 Å². The van der Waals surface area contributed by atoms with Crippen molar-refractivity contribution in [2.24, 2.45) is 0 Å². The monoisotopic (exact) mass is 285 g/mol. The molecule has 0 fully saturated rings. The fraction of sp³-hybridized carbons (Fsp3) is 0.538. The SMILES string of the molecule is CCC(CSC)N(C)C(=O)c1cc(F)cnc1NC. The highest BCUT2D eigenvalue weighted by Gasteiger charge is 2.22. The number of hydrogen-bond donors (Lipinski definition) is 1. The van der Waals surface area contributed by atoms with Crippen LogP contribution >= 0.6 is 11.8 Å². The van der Waals surface area contributed by atoms with Crippen molar-refractivity contribution < 1.29 is 9.18 Å². The van der Waals surface area contributed by atoms with Crippen LogP contribution in [0.15, 0.2) is 12.3 Å². The average Bonchev–Trinajstić information content (AvgIpc) is 2.43. The van der Waals surface area contributed by atoms with E-state index < -0.39 is 5.82 Å². The second-order valence-corrected chi connectivity index (χ2v) is 5.14. The van der Waals surface area contributed by atoms with Gasteiger partial charge in [0.2, 0.25) is 0 Å². The van der Waals surface area contributed by atoms with E-state index in [1.807, 2.05) is 13.2 Å². The highest BCUT2D eigenvalue weighted by atomic mass is 32.2. The van der Waals surface area contributed by atoms with Gasteiger partial charge in [0.25, 0.3) is 5.91 Å². The quantitative estimate of drug-likeness (QED) is 0.872. The molecule has 19 heavy (non-hydrogen) atoms. The topological polar surface area (TPSA) is 45.2 Å². The molecule has 0 aliphatic rings. The third-order valence-electron chi connectivity index (χ3n) is 3.02. The third kappa shape index (κ3) is 3.83. The molecule has 0 aliphatic heterocycles. The second-order valence-electron chi connectivity index (χ2n) is 4.23. The zero-order chi connectivity index (χ0) is 14.4. The molecule has 1 heterocycles. The molecule has 1 N–H and O–H groups in total. The van der Waals surface area contributed by atoms with Crippen LogP contribution in [0.5, 0.6) is 0 Å². The van der Waals surface area contributed by atoms with Gasteiger partial charge in [-0.3, -0.25) is 4.79 Å². The van der Waals surface area contributed by atoms with Gasteiger partial charge in [0, 0.05) is 25.9 Å². The summed E-state index contributed by atoms with van der Waals surface area (Å²) in [6.07, 6.45) is 3.96. The number of halogens is 1. The summed E-state index contributed by atoms with van der Waals surface area (Å²) in [4.78, 5) is 18.0. The van der Waals surface area contributed by atoms with Crippen LogP contribution in [0.3, 0.4) is 0 Å². The average molecular weight is 285 g/mol. The molecule has 0 saturated heterocycles. The van der Waals surface area contributed by atoms with Crippen LogP contribution in [0.25, 0.3) is 0 Å². The van der Waals surface area contributed by atoms with Crippen LogP contribution < -0.4 is 5.32 Å². The van der Waals surface area contributed by atoms with E-state index in [2.05, 4.69) is 10.3 Å². The number of amides is 1. The van der Waals surface area contributed by atoms with Gasteiger partial charge in [-0.15, -0.1) is 0 Å². The van der Waals surface area contributed by atoms with Gasteiger partial charge >= 0.3 is 0 Å². The number of carbonyl (C=O) groups excluding carboxylic acids is 1. The van der Waals surface area contributed by atoms with E-state index in [4.69, 9.17) is 0 Å². The third-order valence-corrected chi connectivity index (χ3v) is 3.74. The molecule has 0 aromatic carbocycles. The van der Waals surface area contributed by atoms with Crippen LogP contribution in [-0.4, -0.2) is 47.9 Å². The number of hydrogen-bond acceptors (Lipinski definition) is 4. The van der Waals surface area contributed by atoms with Crippen LogP contribution in [0, 0.1) is 5.82 Å². The number of pyridine rings is 1. The second kappa shape index (κ2) is 7.33. The van der Waals surface area contributed by atoms with Crippen molar-refractivity contribution in [3.8, 4) is 0 Å². The van der Waals surface area contributed by atoms with E-state index in [9.17, 15) is 9.18 Å². The Morgan fingerprint density at radius 3 is 2.84 bits per heavy atom. The van der Waals surface area contributed by atoms with E-state index in [0.717, 1.165) is 18.4 Å². The molecule has 0 aliphatic carbocycles. The van der Waals surface area contributed by atoms with Crippen molar-refractivity contribution in [1.82, 2.24) is 9.88 Å². The van der Waals surface area contributed by atoms with Gasteiger partial charge in [-0.2, -0.15) is 11.8 Å². The van der Waals surface area contributed by atoms with E-state index in [1.54, 1.807) is 30.8 Å². The predicted octanol–water partition coefficient (Wildman–Crippen LogP) is 2.48. The van der Waals surface area contributed by atoms with Crippen molar-refractivity contribution in [3.05, 3.63) is 23.6 Å². The van der Waals surface area contributed by atoms with Crippen molar-refractivity contribution in [2.75, 3.05) is 31.4 Å². The molecule has 1 aromatic rings. The highest BCUT2D eigenvalue weighted by molar-refractivity contribution is 7.98. The van der Waals surface area contributed by atoms with Crippen molar-refractivity contribution in [2.45, 2.75) is 19.4 Å². The lowest BCUT2D eigenvalue weighted by molar-refractivity contribution is 0.0743. The minimum atomic E-state index is -0.506. The minimum absolute atomic E-state index is 0.135. The molecule has 106 valence electrons.